The van der Waals surface area contributed by atoms with E-state index < -0.39 is 20.9 Å². The van der Waals surface area contributed by atoms with Gasteiger partial charge in [-0.05, 0) is 69.6 Å². The van der Waals surface area contributed by atoms with Gasteiger partial charge >= 0.3 is 0 Å². The van der Waals surface area contributed by atoms with Gasteiger partial charge in [-0.25, -0.2) is 0 Å². The Morgan fingerprint density at radius 3 is 1.82 bits per heavy atom. The lowest BCUT2D eigenvalue weighted by Gasteiger charge is -2.23. The van der Waals surface area contributed by atoms with E-state index in [1.165, 1.54) is 12.1 Å². The first-order valence-electron chi connectivity index (χ1n) is 12.5. The standard InChI is InChI=1S/C30H26O9S/c31-14-16-4-20-8-18-2-1-3-19(27(18)33)9-21-5-17(15-32)7-23(29(21)35)11-25-13-26(40(37,38)39)12-24(30(25)36)10-22(6-16)28(20)34/h1-6,12-15,17,33-36H,7-11H2,(H,37,38,39). The number of rotatable bonds is 3. The van der Waals surface area contributed by atoms with Gasteiger partial charge in [0, 0.05) is 42.7 Å². The van der Waals surface area contributed by atoms with Gasteiger partial charge in [-0.3, -0.25) is 9.35 Å². The van der Waals surface area contributed by atoms with Crippen molar-refractivity contribution in [1.82, 2.24) is 0 Å². The molecule has 0 radical (unpaired) electrons. The number of carbonyl (C=O) groups is 2. The van der Waals surface area contributed by atoms with Crippen molar-refractivity contribution in [3.8, 4) is 17.2 Å². The summed E-state index contributed by atoms with van der Waals surface area (Å²) in [4.78, 5) is 23.0. The van der Waals surface area contributed by atoms with Crippen LogP contribution < -0.4 is 0 Å². The van der Waals surface area contributed by atoms with E-state index in [2.05, 4.69) is 0 Å². The number of phenolic OH excluding ortho intramolecular Hbond substituents is 3. The second-order valence-electron chi connectivity index (χ2n) is 10.2. The molecular weight excluding hydrogens is 536 g/mol. The third-order valence-electron chi connectivity index (χ3n) is 7.43. The van der Waals surface area contributed by atoms with Crippen molar-refractivity contribution in [1.29, 1.82) is 0 Å². The van der Waals surface area contributed by atoms with Crippen molar-refractivity contribution in [2.24, 2.45) is 5.92 Å². The van der Waals surface area contributed by atoms with Crippen LogP contribution in [0.5, 0.6) is 17.2 Å². The van der Waals surface area contributed by atoms with Gasteiger partial charge in [-0.2, -0.15) is 8.42 Å². The van der Waals surface area contributed by atoms with E-state index in [4.69, 9.17) is 0 Å². The SMILES string of the molecule is O=Cc1cc2c(O)c(c1)Cc1cc(S(=O)(=O)O)cc(c1O)CC1=C(O)C(=CC(C=O)C1)Cc1cccc(c1O)C2. The van der Waals surface area contributed by atoms with E-state index in [-0.39, 0.29) is 77.4 Å². The van der Waals surface area contributed by atoms with Crippen LogP contribution in [0.1, 0.15) is 50.2 Å². The zero-order valence-electron chi connectivity index (χ0n) is 21.2. The number of aliphatic hydroxyl groups is 1. The van der Waals surface area contributed by atoms with Gasteiger partial charge in [-0.15, -0.1) is 0 Å². The molecular formula is C30H26O9S. The second kappa shape index (κ2) is 10.3. The number of hydrogen-bond donors (Lipinski definition) is 5. The summed E-state index contributed by atoms with van der Waals surface area (Å²) < 4.78 is 34.1. The van der Waals surface area contributed by atoms with Gasteiger partial charge in [0.15, 0.2) is 0 Å². The van der Waals surface area contributed by atoms with Crippen LogP contribution in [0, 0.1) is 5.92 Å². The lowest BCUT2D eigenvalue weighted by Crippen LogP contribution is -2.14. The molecule has 0 fully saturated rings. The van der Waals surface area contributed by atoms with Gasteiger partial charge in [0.25, 0.3) is 10.1 Å². The highest BCUT2D eigenvalue weighted by Crippen LogP contribution is 2.39. The van der Waals surface area contributed by atoms with Gasteiger partial charge in [-0.1, -0.05) is 24.3 Å². The molecule has 3 aromatic rings. The number of benzene rings is 3. The normalized spacial score (nSPS) is 17.2. The highest BCUT2D eigenvalue weighted by atomic mass is 32.2. The van der Waals surface area contributed by atoms with E-state index in [1.807, 2.05) is 0 Å². The number of carbonyl (C=O) groups excluding carboxylic acids is 2. The molecule has 8 bridgehead atoms. The molecule has 40 heavy (non-hydrogen) atoms. The van der Waals surface area contributed by atoms with Gasteiger partial charge < -0.3 is 25.2 Å². The highest BCUT2D eigenvalue weighted by Gasteiger charge is 2.26. The van der Waals surface area contributed by atoms with Crippen LogP contribution in [0.2, 0.25) is 0 Å². The fourth-order valence-corrected chi connectivity index (χ4v) is 6.02. The zero-order valence-corrected chi connectivity index (χ0v) is 22.0. The molecule has 206 valence electrons. The quantitative estimate of drug-likeness (QED) is 0.233. The fourth-order valence-electron chi connectivity index (χ4n) is 5.44. The Kier molecular flexibility index (Phi) is 6.99. The van der Waals surface area contributed by atoms with Gasteiger partial charge in [0.2, 0.25) is 0 Å². The van der Waals surface area contributed by atoms with Crippen molar-refractivity contribution in [2.45, 2.75) is 37.0 Å². The molecule has 2 aliphatic rings. The predicted molar refractivity (Wildman–Crippen MR) is 144 cm³/mol. The van der Waals surface area contributed by atoms with E-state index in [9.17, 15) is 43.0 Å². The minimum atomic E-state index is -4.71. The molecule has 0 spiro atoms. The Morgan fingerprint density at radius 1 is 0.725 bits per heavy atom. The Bertz CT molecular complexity index is 1730. The highest BCUT2D eigenvalue weighted by molar-refractivity contribution is 7.85. The topological polar surface area (TPSA) is 169 Å². The number of hydrogen-bond acceptors (Lipinski definition) is 8. The maximum Gasteiger partial charge on any atom is 0.294 e. The van der Waals surface area contributed by atoms with Gasteiger partial charge in [0.05, 0.1) is 4.90 Å². The van der Waals surface area contributed by atoms with Gasteiger partial charge in [0.1, 0.15) is 35.6 Å². The summed E-state index contributed by atoms with van der Waals surface area (Å²) in [7, 11) is -4.71. The average Bonchev–Trinajstić information content (AvgIpc) is 2.91. The fraction of sp³-hybridized carbons (Fsp3) is 0.200. The molecule has 10 heteroatoms. The molecule has 3 aromatic carbocycles. The molecule has 1 unspecified atom stereocenters. The molecule has 1 atom stereocenters. The average molecular weight is 563 g/mol. The van der Waals surface area contributed by atoms with Crippen LogP contribution in [0.3, 0.4) is 0 Å². The van der Waals surface area contributed by atoms with Crippen molar-refractivity contribution >= 4 is 22.7 Å². The summed E-state index contributed by atoms with van der Waals surface area (Å²) in [6, 6.07) is 10.1. The van der Waals surface area contributed by atoms with E-state index in [1.54, 1.807) is 24.3 Å². The van der Waals surface area contributed by atoms with Crippen LogP contribution in [-0.2, 0) is 40.6 Å². The van der Waals surface area contributed by atoms with Crippen LogP contribution in [0.4, 0.5) is 0 Å². The first-order valence-corrected chi connectivity index (χ1v) is 13.9. The molecule has 5 N–H and O–H groups in total. The molecule has 9 nitrogen and oxygen atoms in total. The molecule has 0 aliphatic heterocycles. The summed E-state index contributed by atoms with van der Waals surface area (Å²) in [6.45, 7) is 0. The third-order valence-corrected chi connectivity index (χ3v) is 8.26. The lowest BCUT2D eigenvalue weighted by molar-refractivity contribution is -0.109. The van der Waals surface area contributed by atoms with Crippen LogP contribution >= 0.6 is 0 Å². The largest absolute Gasteiger partial charge is 0.508 e. The smallest absolute Gasteiger partial charge is 0.294 e. The minimum absolute atomic E-state index is 0.0333. The molecule has 0 saturated heterocycles. The first-order chi connectivity index (χ1) is 19.0. The Labute approximate surface area is 230 Å². The maximum absolute atomic E-state index is 12.1. The zero-order chi connectivity index (χ0) is 28.8. The summed E-state index contributed by atoms with van der Waals surface area (Å²) in [6.07, 6.45) is 2.77. The molecule has 0 aromatic heterocycles. The molecule has 2 aliphatic carbocycles. The van der Waals surface area contributed by atoms with Crippen molar-refractivity contribution in [2.75, 3.05) is 0 Å². The monoisotopic (exact) mass is 562 g/mol. The summed E-state index contributed by atoms with van der Waals surface area (Å²) in [5.41, 5.74) is 2.49. The predicted octanol–water partition coefficient (Wildman–Crippen LogP) is 4.10. The lowest BCUT2D eigenvalue weighted by atomic mass is 9.83. The maximum atomic E-state index is 12.1. The third kappa shape index (κ3) is 5.11. The second-order valence-corrected chi connectivity index (χ2v) is 11.6. The number of para-hydroxylation sites is 1. The summed E-state index contributed by atoms with van der Waals surface area (Å²) >= 11 is 0. The summed E-state index contributed by atoms with van der Waals surface area (Å²) in [5, 5.41) is 44.6. The number of fused-ring (bicyclic) bond motifs is 7. The van der Waals surface area contributed by atoms with Crippen molar-refractivity contribution in [3.63, 3.8) is 0 Å². The van der Waals surface area contributed by atoms with Crippen LogP contribution in [-0.4, -0.2) is 46.0 Å². The molecule has 5 rings (SSSR count). The Morgan fingerprint density at radius 2 is 1.25 bits per heavy atom. The summed E-state index contributed by atoms with van der Waals surface area (Å²) in [5.74, 6) is -1.31. The molecule has 0 amide bonds. The molecule has 0 saturated carbocycles. The first kappa shape index (κ1) is 27.2. The van der Waals surface area contributed by atoms with Crippen molar-refractivity contribution in [3.05, 3.63) is 104 Å². The van der Waals surface area contributed by atoms with Crippen molar-refractivity contribution < 1.29 is 43.0 Å². The van der Waals surface area contributed by atoms with E-state index in [0.29, 0.717) is 34.1 Å². The van der Waals surface area contributed by atoms with Crippen LogP contribution in [0.25, 0.3) is 0 Å². The van der Waals surface area contributed by atoms with E-state index >= 15 is 0 Å². The minimum Gasteiger partial charge on any atom is -0.508 e. The molecule has 0 heterocycles. The number of aromatic hydroxyl groups is 3. The number of phenols is 3. The number of aliphatic hydroxyl groups excluding tert-OH is 1. The Hall–Kier alpha value is -4.41. The van der Waals surface area contributed by atoms with Crippen LogP contribution in [0.15, 0.2) is 70.3 Å². The number of aldehydes is 2. The number of allylic oxidation sites excluding steroid dienone is 3. The Balaban J connectivity index is 1.80. The van der Waals surface area contributed by atoms with E-state index in [0.717, 1.165) is 18.4 Å².